The molecule has 0 saturated carbocycles. The number of nitrogens with zero attached hydrogens (tertiary/aromatic N) is 3. The predicted octanol–water partition coefficient (Wildman–Crippen LogP) is 14.4. The van der Waals surface area contributed by atoms with Gasteiger partial charge in [0.05, 0.1) is 27.8 Å². The summed E-state index contributed by atoms with van der Waals surface area (Å²) in [6.07, 6.45) is 1.01. The minimum atomic E-state index is -6.01. The van der Waals surface area contributed by atoms with Crippen molar-refractivity contribution in [3.8, 4) is 34.1 Å². The van der Waals surface area contributed by atoms with Crippen LogP contribution in [0.3, 0.4) is 0 Å². The van der Waals surface area contributed by atoms with E-state index in [0.717, 1.165) is 82.7 Å². The van der Waals surface area contributed by atoms with Crippen molar-refractivity contribution in [2.45, 2.75) is 59.9 Å². The minimum absolute atomic E-state index is 0.0431. The van der Waals surface area contributed by atoms with E-state index in [1.165, 1.54) is 42.5 Å². The predicted molar refractivity (Wildman–Crippen MR) is 314 cm³/mol. The van der Waals surface area contributed by atoms with Crippen molar-refractivity contribution >= 4 is 64.8 Å². The zero-order chi connectivity index (χ0) is 63.2. The lowest BCUT2D eigenvalue weighted by Crippen LogP contribution is -2.30. The lowest BCUT2D eigenvalue weighted by molar-refractivity contribution is 0.0558. The van der Waals surface area contributed by atoms with Gasteiger partial charge in [-0.1, -0.05) is 133 Å². The van der Waals surface area contributed by atoms with E-state index in [9.17, 15) is 64.5 Å². The van der Waals surface area contributed by atoms with Crippen LogP contribution >= 0.6 is 33.9 Å². The topological polar surface area (TPSA) is 240 Å². The molecule has 0 bridgehead atoms. The van der Waals surface area contributed by atoms with Crippen molar-refractivity contribution < 1.29 is 81.2 Å². The van der Waals surface area contributed by atoms with Crippen molar-refractivity contribution in [3.05, 3.63) is 232 Å². The van der Waals surface area contributed by atoms with Gasteiger partial charge >= 0.3 is 32.2 Å². The summed E-state index contributed by atoms with van der Waals surface area (Å²) in [4.78, 5) is 36.6. The van der Waals surface area contributed by atoms with Gasteiger partial charge < -0.3 is 28.9 Å². The van der Waals surface area contributed by atoms with E-state index < -0.39 is 101 Å². The van der Waals surface area contributed by atoms with Crippen LogP contribution in [0.4, 0.5) is 26.3 Å². The Hall–Kier alpha value is -6.73. The first kappa shape index (κ1) is 65.2. The van der Waals surface area contributed by atoms with Gasteiger partial charge in [0.2, 0.25) is 20.0 Å². The number of benzene rings is 8. The molecule has 0 aliphatic heterocycles. The van der Waals surface area contributed by atoms with Crippen LogP contribution in [0, 0.1) is 18.3 Å². The molecule has 450 valence electrons. The third-order valence-electron chi connectivity index (χ3n) is 14.0. The molecular formula is C59H51ClF6N3O12P3S2. The Morgan fingerprint density at radius 3 is 1.62 bits per heavy atom. The normalized spacial score (nSPS) is 13.1. The number of rotatable bonds is 22. The summed E-state index contributed by atoms with van der Waals surface area (Å²) in [6, 6.07) is 38.5. The summed E-state index contributed by atoms with van der Waals surface area (Å²) >= 11 is 6.42. The van der Waals surface area contributed by atoms with Crippen LogP contribution in [0.15, 0.2) is 186 Å². The second-order valence-corrected chi connectivity index (χ2v) is 31.1. The van der Waals surface area contributed by atoms with Crippen LogP contribution in [-0.2, 0) is 76.9 Å². The van der Waals surface area contributed by atoms with Crippen molar-refractivity contribution in [3.63, 3.8) is 0 Å². The molecule has 0 aliphatic rings. The molecule has 8 rings (SSSR count). The molecule has 0 fully saturated rings. The van der Waals surface area contributed by atoms with E-state index in [1.54, 1.807) is 72.8 Å². The Morgan fingerprint density at radius 1 is 0.570 bits per heavy atom. The fourth-order valence-corrected chi connectivity index (χ4v) is 14.5. The Kier molecular flexibility index (Phi) is 18.5. The molecule has 8 aromatic rings. The van der Waals surface area contributed by atoms with Crippen molar-refractivity contribution in [1.29, 1.82) is 5.26 Å². The molecular weight excluding hydrogens is 1250 g/mol. The molecule has 0 saturated heterocycles. The molecule has 0 heterocycles. The second kappa shape index (κ2) is 24.4. The SMILES string of the molecule is C=COc1ccc(-c2ccc3cc(S(=O)(=O)N(Cc4ccc(C(F)(F)P(=O)(O)O)cc4)Cc4ccc(C(F)(F)P(=O)(O)O)c(C)c4)ccc3c2)cc1S(=O)(=O)N(Cc1ccc(-c2cccc(C#N)c2)cc1)Cc1ccc(C(F)(F)P(C)(C)=O)c(Cl)c1. The highest BCUT2D eigenvalue weighted by atomic mass is 35.5. The minimum Gasteiger partial charge on any atom is -0.464 e. The van der Waals surface area contributed by atoms with Gasteiger partial charge in [-0.15, -0.1) is 0 Å². The largest absolute Gasteiger partial charge is 0.464 e. The van der Waals surface area contributed by atoms with Gasteiger partial charge in [-0.3, -0.25) is 9.13 Å². The quantitative estimate of drug-likeness (QED) is 0.0281. The van der Waals surface area contributed by atoms with Crippen LogP contribution in [0.1, 0.15) is 50.1 Å². The van der Waals surface area contributed by atoms with Crippen molar-refractivity contribution in [2.24, 2.45) is 0 Å². The average Bonchev–Trinajstić information content (AvgIpc) is 1.06. The molecule has 0 atom stereocenters. The van der Waals surface area contributed by atoms with Crippen LogP contribution < -0.4 is 4.74 Å². The van der Waals surface area contributed by atoms with Crippen LogP contribution in [0.2, 0.25) is 5.02 Å². The zero-order valence-corrected chi connectivity index (χ0v) is 50.5. The highest BCUT2D eigenvalue weighted by Crippen LogP contribution is 2.62. The van der Waals surface area contributed by atoms with E-state index in [4.69, 9.17) is 16.3 Å². The lowest BCUT2D eigenvalue weighted by atomic mass is 10.0. The molecule has 0 aliphatic carbocycles. The highest BCUT2D eigenvalue weighted by molar-refractivity contribution is 7.89. The first-order valence-corrected chi connectivity index (χ1v) is 34.4. The standard InChI is InChI=1S/C59H51ClF6N3O12P3S2/c1-5-81-55-26-20-49(32-56(55)86(79,80)69(37-43-14-25-53(54(60)29-43)58(63,64)82(3,4)70)35-39-9-15-44(16-10-39)45-8-6-7-41(28-45)33-67)46-17-18-48-31-51(23-19-47(48)30-46)85(77,78)68(34-40-11-21-50(22-12-40)57(61,62)83(71,72)73)36-42-13-24-52(38(2)27-42)59(65,66)84(74,75)76/h5-32H,1,34-37H2,2-4H3,(H2,71,72,73)(H2,74,75,76). The number of hydrogen-bond donors (Lipinski definition) is 4. The molecule has 86 heavy (non-hydrogen) atoms. The average molecular weight is 1300 g/mol. The summed E-state index contributed by atoms with van der Waals surface area (Å²) in [7, 11) is -25.4. The Bertz CT molecular complexity index is 4390. The number of hydrogen-bond acceptors (Lipinski definition) is 9. The molecule has 15 nitrogen and oxygen atoms in total. The van der Waals surface area contributed by atoms with E-state index in [0.29, 0.717) is 45.2 Å². The number of alkyl halides is 6. The first-order valence-electron chi connectivity index (χ1n) is 25.3. The molecule has 8 aromatic carbocycles. The molecule has 0 unspecified atom stereocenters. The number of fused-ring (bicyclic) bond motifs is 1. The summed E-state index contributed by atoms with van der Waals surface area (Å²) in [5, 5.41) is 9.77. The Labute approximate surface area is 496 Å². The van der Waals surface area contributed by atoms with E-state index in [-0.39, 0.29) is 44.3 Å². The van der Waals surface area contributed by atoms with Gasteiger partial charge in [-0.05, 0) is 130 Å². The van der Waals surface area contributed by atoms with Gasteiger partial charge in [-0.2, -0.15) is 40.2 Å². The van der Waals surface area contributed by atoms with Gasteiger partial charge in [-0.25, -0.2) is 16.8 Å². The summed E-state index contributed by atoms with van der Waals surface area (Å²) in [5.74, 6) is -0.156. The maximum absolute atomic E-state index is 15.4. The fourth-order valence-electron chi connectivity index (χ4n) is 9.25. The van der Waals surface area contributed by atoms with Gasteiger partial charge in [0.15, 0.2) is 7.14 Å². The number of ether oxygens (including phenoxy) is 1. The zero-order valence-electron chi connectivity index (χ0n) is 45.4. The van der Waals surface area contributed by atoms with Crippen molar-refractivity contribution in [2.75, 3.05) is 13.3 Å². The number of nitriles is 1. The molecule has 4 N–H and O–H groups in total. The summed E-state index contributed by atoms with van der Waals surface area (Å²) in [6.45, 7) is 4.69. The third kappa shape index (κ3) is 13.5. The van der Waals surface area contributed by atoms with E-state index in [2.05, 4.69) is 12.6 Å². The molecule has 0 aromatic heterocycles. The lowest BCUT2D eigenvalue weighted by Gasteiger charge is -2.25. The Balaban J connectivity index is 1.15. The molecule has 27 heteroatoms. The van der Waals surface area contributed by atoms with Crippen LogP contribution in [0.25, 0.3) is 33.0 Å². The number of sulfonamides is 2. The van der Waals surface area contributed by atoms with Crippen LogP contribution in [-0.4, -0.2) is 58.3 Å². The van der Waals surface area contributed by atoms with E-state index >= 15 is 17.2 Å². The monoisotopic (exact) mass is 1300 g/mol. The fraction of sp³-hybridized carbons (Fsp3) is 0.169. The molecule has 0 spiro atoms. The number of aryl methyl sites for hydroxylation is 1. The van der Waals surface area contributed by atoms with Gasteiger partial charge in [0, 0.05) is 42.9 Å². The smallest absolute Gasteiger partial charge is 0.399 e. The highest BCUT2D eigenvalue weighted by Gasteiger charge is 2.52. The molecule has 0 amide bonds. The van der Waals surface area contributed by atoms with E-state index in [1.807, 2.05) is 0 Å². The van der Waals surface area contributed by atoms with Crippen molar-refractivity contribution in [1.82, 2.24) is 8.61 Å². The van der Waals surface area contributed by atoms with Gasteiger partial charge in [0.1, 0.15) is 10.6 Å². The molecule has 0 radical (unpaired) electrons. The Morgan fingerprint density at radius 2 is 1.06 bits per heavy atom. The summed E-state index contributed by atoms with van der Waals surface area (Å²) in [5.41, 5.74) is -12.7. The number of halogens is 7. The summed E-state index contributed by atoms with van der Waals surface area (Å²) < 4.78 is 193. The maximum Gasteiger partial charge on any atom is 0.399 e. The van der Waals surface area contributed by atoms with Crippen LogP contribution in [0.5, 0.6) is 5.75 Å². The second-order valence-electron chi connectivity index (χ2n) is 20.3. The first-order chi connectivity index (χ1) is 40.0. The maximum atomic E-state index is 15.4. The van der Waals surface area contributed by atoms with Gasteiger partial charge in [0.25, 0.3) is 0 Å². The third-order valence-corrected chi connectivity index (χ3v) is 21.4.